The van der Waals surface area contributed by atoms with Crippen LogP contribution in [0, 0.1) is 34.0 Å². The highest BCUT2D eigenvalue weighted by Crippen LogP contribution is 2.41. The van der Waals surface area contributed by atoms with Crippen LogP contribution < -0.4 is 0 Å². The lowest BCUT2D eigenvalue weighted by Gasteiger charge is -2.18. The van der Waals surface area contributed by atoms with E-state index < -0.39 is 0 Å². The van der Waals surface area contributed by atoms with Gasteiger partial charge < -0.3 is 9.13 Å². The van der Waals surface area contributed by atoms with Crippen LogP contribution >= 0.6 is 0 Å². The maximum Gasteiger partial charge on any atom is 0.100 e. The molecule has 0 aliphatic heterocycles. The minimum absolute atomic E-state index is 0.494. The van der Waals surface area contributed by atoms with E-state index in [2.05, 4.69) is 124 Å². The van der Waals surface area contributed by atoms with Gasteiger partial charge in [0.15, 0.2) is 0 Å². The molecule has 0 fully saturated rings. The quantitative estimate of drug-likeness (QED) is 0.192. The van der Waals surface area contributed by atoms with Crippen LogP contribution in [0.3, 0.4) is 0 Å². The Morgan fingerprint density at radius 3 is 2.02 bits per heavy atom. The number of para-hydroxylation sites is 3. The summed E-state index contributed by atoms with van der Waals surface area (Å²) in [5.41, 5.74) is 14.1. The van der Waals surface area contributed by atoms with Crippen LogP contribution in [0.4, 0.5) is 0 Å². The molecule has 2 aromatic heterocycles. The molecule has 5 aromatic carbocycles. The molecule has 0 bridgehead atoms. The van der Waals surface area contributed by atoms with Gasteiger partial charge in [-0.1, -0.05) is 72.8 Å². The molecule has 0 amide bonds. The van der Waals surface area contributed by atoms with E-state index in [4.69, 9.17) is 0 Å². The molecule has 7 aromatic rings. The summed E-state index contributed by atoms with van der Waals surface area (Å²) in [7, 11) is 0. The second kappa shape index (κ2) is 11.7. The summed E-state index contributed by atoms with van der Waals surface area (Å²) in [4.78, 5) is 0. The van der Waals surface area contributed by atoms with Crippen LogP contribution in [0.5, 0.6) is 0 Å². The van der Waals surface area contributed by atoms with Crippen molar-refractivity contribution in [2.24, 2.45) is 0 Å². The van der Waals surface area contributed by atoms with Gasteiger partial charge in [-0.3, -0.25) is 0 Å². The number of hydrogen-bond donors (Lipinski definition) is 0. The van der Waals surface area contributed by atoms with Gasteiger partial charge in [0.2, 0.25) is 0 Å². The number of hydrogen-bond acceptors (Lipinski definition) is 3. The van der Waals surface area contributed by atoms with Crippen LogP contribution in [0.1, 0.15) is 46.5 Å². The first kappa shape index (κ1) is 29.3. The minimum atomic E-state index is 0.494. The van der Waals surface area contributed by atoms with Crippen molar-refractivity contribution < 1.29 is 0 Å². The Labute approximate surface area is 290 Å². The summed E-state index contributed by atoms with van der Waals surface area (Å²) in [6, 6.07) is 44.2. The van der Waals surface area contributed by atoms with Gasteiger partial charge in [0.05, 0.1) is 40.0 Å². The van der Waals surface area contributed by atoms with Crippen LogP contribution in [0.2, 0.25) is 0 Å². The van der Waals surface area contributed by atoms with Crippen LogP contribution in [0.25, 0.3) is 67.6 Å². The fourth-order valence-electron chi connectivity index (χ4n) is 8.01. The number of aromatic nitrogens is 2. The van der Waals surface area contributed by atoms with Crippen LogP contribution in [-0.4, -0.2) is 9.13 Å². The molecule has 0 saturated carbocycles. The van der Waals surface area contributed by atoms with E-state index in [0.717, 1.165) is 86.7 Å². The largest absolute Gasteiger partial charge is 0.313 e. The number of allylic oxidation sites excluding steroid dienone is 2. The van der Waals surface area contributed by atoms with Gasteiger partial charge in [-0.25, -0.2) is 0 Å². The standard InChI is InChI=1S/C45H29N5/c46-26-29-17-22-45-39(23-29)36-12-4-5-13-41(36)49(45)32-20-18-31(19-21-32)37-24-30(27-47)25-38(40(37)28-48)35-11-3-8-16-44(35)50-42-14-6-1-9-33(42)34-10-2-7-15-43(34)50/h1-3,5-11,13-16,18-21,23-25H,4,12,17,22H2. The molecule has 0 unspecified atom stereocenters. The van der Waals surface area contributed by atoms with E-state index in [9.17, 15) is 15.8 Å². The van der Waals surface area contributed by atoms with Crippen molar-refractivity contribution in [2.45, 2.75) is 25.7 Å². The first-order valence-electron chi connectivity index (χ1n) is 16.9. The number of rotatable bonds is 4. The lowest BCUT2D eigenvalue weighted by molar-refractivity contribution is 0.854. The summed E-state index contributed by atoms with van der Waals surface area (Å²) in [5, 5.41) is 33.0. The second-order valence-corrected chi connectivity index (χ2v) is 12.9. The van der Waals surface area contributed by atoms with E-state index in [1.54, 1.807) is 0 Å². The molecule has 2 heterocycles. The summed E-state index contributed by atoms with van der Waals surface area (Å²) < 4.78 is 4.59. The third-order valence-electron chi connectivity index (χ3n) is 10.2. The van der Waals surface area contributed by atoms with Crippen molar-refractivity contribution in [3.05, 3.63) is 154 Å². The van der Waals surface area contributed by atoms with Crippen molar-refractivity contribution in [3.63, 3.8) is 0 Å². The molecule has 0 atom stereocenters. The Hall–Kier alpha value is -6.87. The zero-order chi connectivity index (χ0) is 33.8. The Morgan fingerprint density at radius 1 is 0.600 bits per heavy atom. The molecule has 9 rings (SSSR count). The Kier molecular flexibility index (Phi) is 6.84. The Morgan fingerprint density at radius 2 is 1.30 bits per heavy atom. The lowest BCUT2D eigenvalue weighted by atomic mass is 9.89. The summed E-state index contributed by atoms with van der Waals surface area (Å²) in [6.45, 7) is 0. The molecule has 234 valence electrons. The van der Waals surface area contributed by atoms with Gasteiger partial charge in [-0.2, -0.15) is 15.8 Å². The van der Waals surface area contributed by atoms with Gasteiger partial charge in [0, 0.05) is 55.7 Å². The predicted molar refractivity (Wildman–Crippen MR) is 200 cm³/mol. The summed E-state index contributed by atoms with van der Waals surface area (Å²) >= 11 is 0. The van der Waals surface area contributed by atoms with Crippen LogP contribution in [-0.2, 0) is 12.8 Å². The van der Waals surface area contributed by atoms with E-state index >= 15 is 0 Å². The highest BCUT2D eigenvalue weighted by atomic mass is 15.0. The predicted octanol–water partition coefficient (Wildman–Crippen LogP) is 10.5. The molecular weight excluding hydrogens is 611 g/mol. The summed E-state index contributed by atoms with van der Waals surface area (Å²) in [5.74, 6) is 0. The molecular formula is C45H29N5. The number of nitriles is 3. The smallest absolute Gasteiger partial charge is 0.100 e. The minimum Gasteiger partial charge on any atom is -0.313 e. The maximum absolute atomic E-state index is 10.8. The van der Waals surface area contributed by atoms with Crippen molar-refractivity contribution in [2.75, 3.05) is 0 Å². The zero-order valence-corrected chi connectivity index (χ0v) is 27.2. The number of fused-ring (bicyclic) bond motifs is 6. The topological polar surface area (TPSA) is 81.2 Å². The van der Waals surface area contributed by atoms with Crippen molar-refractivity contribution in [1.29, 1.82) is 15.8 Å². The molecule has 0 radical (unpaired) electrons. The number of benzene rings is 5. The lowest BCUT2D eigenvalue weighted by Crippen LogP contribution is -2.06. The zero-order valence-electron chi connectivity index (χ0n) is 27.2. The van der Waals surface area contributed by atoms with E-state index in [1.165, 1.54) is 22.5 Å². The molecule has 2 aliphatic rings. The van der Waals surface area contributed by atoms with Gasteiger partial charge in [0.25, 0.3) is 0 Å². The third kappa shape index (κ3) is 4.44. The average Bonchev–Trinajstić information content (AvgIpc) is 3.70. The van der Waals surface area contributed by atoms with E-state index in [1.807, 2.05) is 30.3 Å². The SMILES string of the molecule is N#CC1=Cc2c3c(n(-c4ccc(-c5cc(C#N)cc(-c6ccccc6-n6c7ccccc7c7ccccc76)c5C#N)cc4)c2CC1)C=CCC3. The molecule has 5 heteroatoms. The fraction of sp³-hybridized carbons (Fsp3) is 0.0889. The molecule has 2 aliphatic carbocycles. The van der Waals surface area contributed by atoms with Gasteiger partial charge in [0.1, 0.15) is 6.07 Å². The Balaban J connectivity index is 1.21. The molecule has 0 N–H and O–H groups in total. The molecule has 0 spiro atoms. The van der Waals surface area contributed by atoms with Crippen molar-refractivity contribution in [1.82, 2.24) is 9.13 Å². The van der Waals surface area contributed by atoms with Crippen molar-refractivity contribution in [3.8, 4) is 51.8 Å². The summed E-state index contributed by atoms with van der Waals surface area (Å²) in [6.07, 6.45) is 10.0. The number of nitrogens with zero attached hydrogens (tertiary/aromatic N) is 5. The third-order valence-corrected chi connectivity index (χ3v) is 10.2. The molecule has 5 nitrogen and oxygen atoms in total. The first-order valence-corrected chi connectivity index (χ1v) is 16.9. The Bertz CT molecular complexity index is 2680. The average molecular weight is 640 g/mol. The second-order valence-electron chi connectivity index (χ2n) is 12.9. The maximum atomic E-state index is 10.8. The highest BCUT2D eigenvalue weighted by molar-refractivity contribution is 6.09. The van der Waals surface area contributed by atoms with E-state index in [0.29, 0.717) is 11.1 Å². The molecule has 0 saturated heterocycles. The van der Waals surface area contributed by atoms with Gasteiger partial charge in [-0.15, -0.1) is 0 Å². The normalized spacial score (nSPS) is 13.3. The van der Waals surface area contributed by atoms with Gasteiger partial charge >= 0.3 is 0 Å². The van der Waals surface area contributed by atoms with Crippen molar-refractivity contribution >= 4 is 34.0 Å². The highest BCUT2D eigenvalue weighted by Gasteiger charge is 2.26. The van der Waals surface area contributed by atoms with Gasteiger partial charge in [-0.05, 0) is 91.4 Å². The monoisotopic (exact) mass is 639 g/mol. The van der Waals surface area contributed by atoms with E-state index in [-0.39, 0.29) is 0 Å². The molecule has 50 heavy (non-hydrogen) atoms. The first-order chi connectivity index (χ1) is 24.7. The van der Waals surface area contributed by atoms with Crippen LogP contribution in [0.15, 0.2) is 121 Å². The fourth-order valence-corrected chi connectivity index (χ4v) is 8.01.